The molecule has 0 aliphatic carbocycles. The highest BCUT2D eigenvalue weighted by Crippen LogP contribution is 2.38. The molecule has 12 rings (SSSR count). The lowest BCUT2D eigenvalue weighted by Gasteiger charge is -2.18. The van der Waals surface area contributed by atoms with Crippen LogP contribution in [0, 0.1) is 0 Å². The van der Waals surface area contributed by atoms with Crippen LogP contribution in [0.5, 0.6) is 0 Å². The summed E-state index contributed by atoms with van der Waals surface area (Å²) in [6, 6.07) is 51.7. The fraction of sp³-hybridized carbons (Fsp3) is 0. The normalized spacial score (nSPS) is 11.6. The van der Waals surface area contributed by atoms with Crippen LogP contribution in [0.3, 0.4) is 0 Å². The quantitative estimate of drug-likeness (QED) is 0.229. The standard InChI is InChI=1S/C54H26B8N8/c55-39-37-38-40(56)42(58)44(60)46(62)48(38)70(47(37)45(61)43(59)41(39)57)54-67-51(29-18-8-3-9-19-29)66-53(68-54)33-26-30(24-25-36(33)69-34-22-12-10-20-31(34)32-21-11-13-23-35(32)69)52-64-49(27-14-4-1-5-15-27)63-50(65-52)28-16-6-2-7-17-28/h1-26H. The number of fused-ring (bicyclic) bond motifs is 6. The smallest absolute Gasteiger partial charge is 0.238 e. The van der Waals surface area contributed by atoms with Crippen molar-refractivity contribution in [2.24, 2.45) is 0 Å². The number of hydrogen-bond donors (Lipinski definition) is 0. The topological polar surface area (TPSA) is 87.2 Å². The SMILES string of the molecule is [B]c1c([B])c([B])c2c(c1[B])c1c([B])c([B])c([B])c([B])c1n2-c1nc(-c2ccccc2)nc(-c2cc(-c3nc(-c4ccccc4)nc(-c4ccccc4)n3)ccc2-n2c3ccccc3c3ccccc32)n1. The molecule has 70 heavy (non-hydrogen) atoms. The first kappa shape index (κ1) is 43.2. The van der Waals surface area contributed by atoms with E-state index in [9.17, 15) is 0 Å². The summed E-state index contributed by atoms with van der Waals surface area (Å²) in [5.41, 5.74) is 7.50. The molecule has 0 aliphatic heterocycles. The van der Waals surface area contributed by atoms with E-state index in [1.165, 1.54) is 0 Å². The number of para-hydroxylation sites is 2. The maximum absolute atomic E-state index is 6.93. The molecule has 0 aliphatic rings. The Morgan fingerprint density at radius 1 is 0.300 bits per heavy atom. The minimum absolute atomic E-state index is 0.0492. The molecule has 0 saturated carbocycles. The van der Waals surface area contributed by atoms with E-state index >= 15 is 0 Å². The molecule has 16 heteroatoms. The average Bonchev–Trinajstić information content (AvgIpc) is 3.95. The molecular formula is C54H26B8N8. The van der Waals surface area contributed by atoms with Crippen molar-refractivity contribution < 1.29 is 0 Å². The zero-order chi connectivity index (χ0) is 47.9. The van der Waals surface area contributed by atoms with Crippen molar-refractivity contribution in [3.8, 4) is 68.6 Å². The Morgan fingerprint density at radius 2 is 0.671 bits per heavy atom. The summed E-state index contributed by atoms with van der Waals surface area (Å²) in [5.74, 6) is 2.11. The van der Waals surface area contributed by atoms with E-state index < -0.39 is 0 Å². The first-order valence-electron chi connectivity index (χ1n) is 22.2. The number of rotatable bonds is 7. The van der Waals surface area contributed by atoms with Gasteiger partial charge in [0.05, 0.1) is 16.7 Å². The van der Waals surface area contributed by atoms with Crippen molar-refractivity contribution in [2.75, 3.05) is 0 Å². The van der Waals surface area contributed by atoms with Crippen LogP contribution in [0.4, 0.5) is 0 Å². The second-order valence-electron chi connectivity index (χ2n) is 16.9. The molecule has 0 saturated heterocycles. The Kier molecular flexibility index (Phi) is 10.4. The molecule has 0 N–H and O–H groups in total. The van der Waals surface area contributed by atoms with E-state index in [0.29, 0.717) is 61.8 Å². The second-order valence-corrected chi connectivity index (χ2v) is 16.9. The highest BCUT2D eigenvalue weighted by molar-refractivity contribution is 6.71. The molecule has 4 heterocycles. The van der Waals surface area contributed by atoms with Crippen molar-refractivity contribution in [3.63, 3.8) is 0 Å². The van der Waals surface area contributed by atoms with Gasteiger partial charge in [0.2, 0.25) is 5.95 Å². The van der Waals surface area contributed by atoms with Crippen LogP contribution >= 0.6 is 0 Å². The van der Waals surface area contributed by atoms with Gasteiger partial charge >= 0.3 is 0 Å². The zero-order valence-electron chi connectivity index (χ0n) is 37.2. The largest absolute Gasteiger partial charge is 0.309 e. The Labute approximate surface area is 413 Å². The van der Waals surface area contributed by atoms with E-state index in [1.807, 2.05) is 133 Å². The van der Waals surface area contributed by atoms with Gasteiger partial charge in [-0.15, -0.1) is 21.9 Å². The number of nitrogens with zero attached hydrogens (tertiary/aromatic N) is 8. The molecule has 0 bridgehead atoms. The van der Waals surface area contributed by atoms with E-state index in [1.54, 1.807) is 4.57 Å². The molecule has 0 atom stereocenters. The Bertz CT molecular complexity index is 3920. The minimum Gasteiger partial charge on any atom is -0.309 e. The fourth-order valence-corrected chi connectivity index (χ4v) is 9.38. The van der Waals surface area contributed by atoms with Gasteiger partial charge in [0.15, 0.2) is 29.1 Å². The molecule has 8 aromatic carbocycles. The molecule has 4 aromatic heterocycles. The van der Waals surface area contributed by atoms with Crippen LogP contribution in [0.2, 0.25) is 0 Å². The monoisotopic (exact) mass is 874 g/mol. The van der Waals surface area contributed by atoms with Crippen molar-refractivity contribution in [2.45, 2.75) is 0 Å². The van der Waals surface area contributed by atoms with Crippen LogP contribution in [0.1, 0.15) is 0 Å². The minimum atomic E-state index is 0.0492. The van der Waals surface area contributed by atoms with E-state index in [-0.39, 0.29) is 55.5 Å². The average molecular weight is 873 g/mol. The van der Waals surface area contributed by atoms with E-state index in [0.717, 1.165) is 38.6 Å². The molecule has 12 aromatic rings. The predicted octanol–water partition coefficient (Wildman–Crippen LogP) is 2.94. The third kappa shape index (κ3) is 6.79. The Hall–Kier alpha value is -8.10. The van der Waals surface area contributed by atoms with Crippen molar-refractivity contribution in [3.05, 3.63) is 158 Å². The van der Waals surface area contributed by atoms with Gasteiger partial charge in [0.1, 0.15) is 62.8 Å². The summed E-state index contributed by atoms with van der Waals surface area (Å²) in [6.07, 6.45) is 0. The van der Waals surface area contributed by atoms with Gasteiger partial charge in [-0.25, -0.2) is 19.9 Å². The lowest BCUT2D eigenvalue weighted by Crippen LogP contribution is -2.49. The number of aromatic nitrogens is 8. The number of benzene rings is 8. The van der Waals surface area contributed by atoms with Gasteiger partial charge in [-0.2, -0.15) is 9.97 Å². The lowest BCUT2D eigenvalue weighted by molar-refractivity contribution is 0.954. The third-order valence-electron chi connectivity index (χ3n) is 12.8. The van der Waals surface area contributed by atoms with E-state index in [2.05, 4.69) is 28.8 Å². The van der Waals surface area contributed by atoms with Gasteiger partial charge in [-0.05, 0) is 41.1 Å². The highest BCUT2D eigenvalue weighted by Gasteiger charge is 2.27. The van der Waals surface area contributed by atoms with Gasteiger partial charge in [-0.1, -0.05) is 149 Å². The van der Waals surface area contributed by atoms with Crippen LogP contribution in [0.15, 0.2) is 158 Å². The van der Waals surface area contributed by atoms with Crippen LogP contribution in [0.25, 0.3) is 112 Å². The molecular weight excluding hydrogens is 847 g/mol. The van der Waals surface area contributed by atoms with Crippen molar-refractivity contribution >= 4 is 150 Å². The number of hydrogen-bond acceptors (Lipinski definition) is 6. The highest BCUT2D eigenvalue weighted by atomic mass is 15.2. The first-order valence-corrected chi connectivity index (χ1v) is 22.2. The molecule has 306 valence electrons. The molecule has 8 nitrogen and oxygen atoms in total. The summed E-state index contributed by atoms with van der Waals surface area (Å²) in [4.78, 5) is 30.9. The van der Waals surface area contributed by atoms with Gasteiger partial charge in [-0.3, -0.25) is 4.57 Å². The zero-order valence-corrected chi connectivity index (χ0v) is 37.2. The Morgan fingerprint density at radius 3 is 1.14 bits per heavy atom. The molecule has 0 spiro atoms. The van der Waals surface area contributed by atoms with Crippen LogP contribution in [-0.2, 0) is 0 Å². The maximum Gasteiger partial charge on any atom is 0.238 e. The van der Waals surface area contributed by atoms with Crippen molar-refractivity contribution in [1.29, 1.82) is 0 Å². The molecule has 0 amide bonds. The summed E-state index contributed by atoms with van der Waals surface area (Å²) in [5, 5.41) is 2.83. The molecule has 16 radical (unpaired) electrons. The molecule has 0 fully saturated rings. The third-order valence-corrected chi connectivity index (χ3v) is 12.8. The van der Waals surface area contributed by atoms with Crippen LogP contribution in [-0.4, -0.2) is 102 Å². The summed E-state index contributed by atoms with van der Waals surface area (Å²) in [6.45, 7) is 0. The van der Waals surface area contributed by atoms with Crippen LogP contribution < -0.4 is 43.7 Å². The summed E-state index contributed by atoms with van der Waals surface area (Å²) in [7, 11) is 53.7. The predicted molar refractivity (Wildman–Crippen MR) is 292 cm³/mol. The fourth-order valence-electron chi connectivity index (χ4n) is 9.38. The van der Waals surface area contributed by atoms with Gasteiger partial charge in [0.25, 0.3) is 0 Å². The van der Waals surface area contributed by atoms with E-state index in [4.69, 9.17) is 92.7 Å². The second kappa shape index (κ2) is 16.8. The lowest BCUT2D eigenvalue weighted by atomic mass is 9.63. The van der Waals surface area contributed by atoms with Gasteiger partial charge < -0.3 is 4.57 Å². The van der Waals surface area contributed by atoms with Gasteiger partial charge in [0, 0.05) is 49.6 Å². The molecule has 0 unspecified atom stereocenters. The summed E-state index contributed by atoms with van der Waals surface area (Å²) >= 11 is 0. The first-order chi connectivity index (χ1) is 34.1. The Balaban J connectivity index is 1.22. The van der Waals surface area contributed by atoms with Crippen molar-refractivity contribution in [1.82, 2.24) is 39.0 Å². The summed E-state index contributed by atoms with van der Waals surface area (Å²) < 4.78 is 3.86. The maximum atomic E-state index is 6.93.